The first-order valence-corrected chi connectivity index (χ1v) is 6.10. The molecule has 0 saturated carbocycles. The van der Waals surface area contributed by atoms with Crippen molar-refractivity contribution in [3.63, 3.8) is 0 Å². The number of hydrogen-bond acceptors (Lipinski definition) is 3. The molecule has 0 saturated heterocycles. The van der Waals surface area contributed by atoms with Crippen LogP contribution >= 0.6 is 0 Å². The summed E-state index contributed by atoms with van der Waals surface area (Å²) in [5, 5.41) is 4.17. The third-order valence-electron chi connectivity index (χ3n) is 3.53. The zero-order valence-corrected chi connectivity index (χ0v) is 10.2. The minimum atomic E-state index is -0.147. The van der Waals surface area contributed by atoms with Crippen molar-refractivity contribution >= 4 is 5.95 Å². The summed E-state index contributed by atoms with van der Waals surface area (Å²) in [7, 11) is 0. The van der Waals surface area contributed by atoms with Gasteiger partial charge in [-0.15, -0.1) is 5.10 Å². The molecule has 0 spiro atoms. The molecular formula is C13H15FN4. The van der Waals surface area contributed by atoms with Crippen LogP contribution in [-0.2, 0) is 6.54 Å². The number of halogens is 1. The molecule has 1 aliphatic heterocycles. The third-order valence-corrected chi connectivity index (χ3v) is 3.53. The van der Waals surface area contributed by atoms with Crippen LogP contribution in [0.4, 0.5) is 10.3 Å². The van der Waals surface area contributed by atoms with Gasteiger partial charge >= 0.3 is 0 Å². The Hall–Kier alpha value is -1.91. The number of nitrogen functional groups attached to an aromatic ring is 1. The topological polar surface area (TPSA) is 56.7 Å². The molecule has 18 heavy (non-hydrogen) atoms. The number of hydrogen-bond donors (Lipinski definition) is 1. The lowest BCUT2D eigenvalue weighted by Crippen LogP contribution is -2.23. The Bertz CT molecular complexity index is 578. The van der Waals surface area contributed by atoms with Gasteiger partial charge in [-0.1, -0.05) is 25.1 Å². The number of benzene rings is 1. The third kappa shape index (κ3) is 1.75. The molecule has 4 nitrogen and oxygen atoms in total. The van der Waals surface area contributed by atoms with Crippen molar-refractivity contribution in [2.75, 3.05) is 5.73 Å². The fraction of sp³-hybridized carbons (Fsp3) is 0.385. The van der Waals surface area contributed by atoms with Crippen LogP contribution in [0.1, 0.15) is 36.6 Å². The number of nitrogens with two attached hydrogens (primary N) is 1. The predicted octanol–water partition coefficient (Wildman–Crippen LogP) is 2.29. The standard InChI is InChI=1S/C13H15FN4/c1-8-6-9(10-4-2-3-5-11(10)14)7-18-12(8)16-13(15)17-18/h2-5,8-9H,6-7H2,1H3,(H2,15,17). The second kappa shape index (κ2) is 4.08. The van der Waals surface area contributed by atoms with E-state index in [2.05, 4.69) is 17.0 Å². The van der Waals surface area contributed by atoms with E-state index in [4.69, 9.17) is 5.73 Å². The first-order valence-electron chi connectivity index (χ1n) is 6.10. The van der Waals surface area contributed by atoms with E-state index in [1.54, 1.807) is 10.7 Å². The highest BCUT2D eigenvalue weighted by molar-refractivity contribution is 5.25. The van der Waals surface area contributed by atoms with Crippen LogP contribution in [0.15, 0.2) is 24.3 Å². The zero-order valence-electron chi connectivity index (χ0n) is 10.2. The molecule has 0 bridgehead atoms. The van der Waals surface area contributed by atoms with Gasteiger partial charge in [0.05, 0.1) is 6.54 Å². The maximum atomic E-state index is 13.8. The van der Waals surface area contributed by atoms with Crippen molar-refractivity contribution in [1.29, 1.82) is 0 Å². The monoisotopic (exact) mass is 246 g/mol. The fourth-order valence-electron chi connectivity index (χ4n) is 2.72. The predicted molar refractivity (Wildman–Crippen MR) is 66.6 cm³/mol. The van der Waals surface area contributed by atoms with E-state index >= 15 is 0 Å². The van der Waals surface area contributed by atoms with Gasteiger partial charge in [-0.3, -0.25) is 0 Å². The summed E-state index contributed by atoms with van der Waals surface area (Å²) in [5.74, 6) is 1.43. The van der Waals surface area contributed by atoms with Crippen LogP contribution in [0, 0.1) is 5.82 Å². The molecule has 2 N–H and O–H groups in total. The van der Waals surface area contributed by atoms with Gasteiger partial charge in [-0.05, 0) is 18.1 Å². The quantitative estimate of drug-likeness (QED) is 0.839. The van der Waals surface area contributed by atoms with Gasteiger partial charge in [-0.2, -0.15) is 4.98 Å². The van der Waals surface area contributed by atoms with E-state index in [1.807, 2.05) is 12.1 Å². The molecule has 1 aromatic carbocycles. The van der Waals surface area contributed by atoms with E-state index in [9.17, 15) is 4.39 Å². The number of fused-ring (bicyclic) bond motifs is 1. The van der Waals surface area contributed by atoms with Gasteiger partial charge in [0.1, 0.15) is 11.6 Å². The molecule has 3 rings (SSSR count). The van der Waals surface area contributed by atoms with Crippen molar-refractivity contribution in [3.05, 3.63) is 41.5 Å². The lowest BCUT2D eigenvalue weighted by atomic mass is 9.86. The highest BCUT2D eigenvalue weighted by atomic mass is 19.1. The van der Waals surface area contributed by atoms with Crippen LogP contribution < -0.4 is 5.73 Å². The summed E-state index contributed by atoms with van der Waals surface area (Å²) in [6.07, 6.45) is 0.874. The Morgan fingerprint density at radius 3 is 2.94 bits per heavy atom. The molecule has 0 amide bonds. The lowest BCUT2D eigenvalue weighted by molar-refractivity contribution is 0.374. The van der Waals surface area contributed by atoms with Crippen LogP contribution in [0.5, 0.6) is 0 Å². The van der Waals surface area contributed by atoms with Gasteiger partial charge in [-0.25, -0.2) is 9.07 Å². The van der Waals surface area contributed by atoms with Gasteiger partial charge in [0, 0.05) is 11.8 Å². The first kappa shape index (κ1) is 11.2. The molecule has 1 aromatic heterocycles. The van der Waals surface area contributed by atoms with E-state index in [0.717, 1.165) is 17.8 Å². The molecular weight excluding hydrogens is 231 g/mol. The average Bonchev–Trinajstić information content (AvgIpc) is 2.71. The largest absolute Gasteiger partial charge is 0.366 e. The van der Waals surface area contributed by atoms with Crippen molar-refractivity contribution in [2.45, 2.75) is 31.7 Å². The smallest absolute Gasteiger partial charge is 0.239 e. The maximum Gasteiger partial charge on any atom is 0.239 e. The Morgan fingerprint density at radius 2 is 2.17 bits per heavy atom. The van der Waals surface area contributed by atoms with Gasteiger partial charge in [0.15, 0.2) is 0 Å². The van der Waals surface area contributed by atoms with Gasteiger partial charge in [0.2, 0.25) is 5.95 Å². The number of aromatic nitrogens is 3. The number of nitrogens with zero attached hydrogens (tertiary/aromatic N) is 3. The summed E-state index contributed by atoms with van der Waals surface area (Å²) in [6.45, 7) is 2.72. The second-order valence-corrected chi connectivity index (χ2v) is 4.87. The summed E-state index contributed by atoms with van der Waals surface area (Å²) in [4.78, 5) is 4.22. The molecule has 1 aliphatic rings. The van der Waals surface area contributed by atoms with E-state index in [-0.39, 0.29) is 17.7 Å². The van der Waals surface area contributed by atoms with Crippen LogP contribution in [0.3, 0.4) is 0 Å². The summed E-state index contributed by atoms with van der Waals surface area (Å²) in [6, 6.07) is 6.93. The van der Waals surface area contributed by atoms with Gasteiger partial charge < -0.3 is 5.73 Å². The molecule has 94 valence electrons. The fourth-order valence-corrected chi connectivity index (χ4v) is 2.72. The van der Waals surface area contributed by atoms with Crippen LogP contribution in [0.25, 0.3) is 0 Å². The summed E-state index contributed by atoms with van der Waals surface area (Å²) < 4.78 is 15.6. The Labute approximate surface area is 105 Å². The van der Waals surface area contributed by atoms with Crippen molar-refractivity contribution < 1.29 is 4.39 Å². The molecule has 0 fully saturated rings. The second-order valence-electron chi connectivity index (χ2n) is 4.87. The van der Waals surface area contributed by atoms with Crippen molar-refractivity contribution in [3.8, 4) is 0 Å². The molecule has 2 unspecified atom stereocenters. The minimum Gasteiger partial charge on any atom is -0.366 e. The molecule has 2 atom stereocenters. The van der Waals surface area contributed by atoms with Gasteiger partial charge in [0.25, 0.3) is 0 Å². The molecule has 5 heteroatoms. The number of rotatable bonds is 1. The first-order chi connectivity index (χ1) is 8.65. The van der Waals surface area contributed by atoms with E-state index in [1.165, 1.54) is 6.07 Å². The highest BCUT2D eigenvalue weighted by Gasteiger charge is 2.29. The Balaban J connectivity index is 1.97. The van der Waals surface area contributed by atoms with E-state index in [0.29, 0.717) is 12.5 Å². The molecule has 2 heterocycles. The summed E-state index contributed by atoms with van der Waals surface area (Å²) in [5.41, 5.74) is 6.37. The SMILES string of the molecule is CC1CC(c2ccccc2F)Cn2nc(N)nc21. The lowest BCUT2D eigenvalue weighted by Gasteiger charge is -2.27. The van der Waals surface area contributed by atoms with Crippen molar-refractivity contribution in [2.24, 2.45) is 0 Å². The van der Waals surface area contributed by atoms with Crippen LogP contribution in [0.2, 0.25) is 0 Å². The van der Waals surface area contributed by atoms with E-state index < -0.39 is 0 Å². The Kier molecular flexibility index (Phi) is 2.54. The highest BCUT2D eigenvalue weighted by Crippen LogP contribution is 2.36. The summed E-state index contributed by atoms with van der Waals surface area (Å²) >= 11 is 0. The average molecular weight is 246 g/mol. The minimum absolute atomic E-state index is 0.134. The zero-order chi connectivity index (χ0) is 12.7. The Morgan fingerprint density at radius 1 is 1.39 bits per heavy atom. The molecule has 0 aliphatic carbocycles. The normalized spacial score (nSPS) is 22.8. The maximum absolute atomic E-state index is 13.8. The van der Waals surface area contributed by atoms with Crippen LogP contribution in [-0.4, -0.2) is 14.8 Å². The number of anilines is 1. The van der Waals surface area contributed by atoms with Crippen molar-refractivity contribution in [1.82, 2.24) is 14.8 Å². The molecule has 2 aromatic rings. The molecule has 0 radical (unpaired) electrons.